The van der Waals surface area contributed by atoms with Crippen molar-refractivity contribution in [1.82, 2.24) is 15.2 Å². The van der Waals surface area contributed by atoms with Crippen molar-refractivity contribution in [2.24, 2.45) is 0 Å². The van der Waals surface area contributed by atoms with Gasteiger partial charge in [0.2, 0.25) is 0 Å². The Hall–Kier alpha value is -3.32. The van der Waals surface area contributed by atoms with Crippen molar-refractivity contribution in [3.63, 3.8) is 0 Å². The monoisotopic (exact) mass is 464 g/mol. The molecular formula is C25H27ClN5O2+. The number of rotatable bonds is 5. The minimum atomic E-state index is 0.662. The molecule has 1 saturated heterocycles. The number of benzene rings is 2. The molecule has 1 aliphatic heterocycles. The molecule has 0 bridgehead atoms. The number of methoxy groups -OCH3 is 2. The summed E-state index contributed by atoms with van der Waals surface area (Å²) in [6, 6.07) is 14.0. The van der Waals surface area contributed by atoms with Crippen molar-refractivity contribution >= 4 is 28.3 Å². The Labute approximate surface area is 197 Å². The molecule has 2 aromatic heterocycles. The topological polar surface area (TPSA) is 67.2 Å². The van der Waals surface area contributed by atoms with E-state index in [0.29, 0.717) is 22.5 Å². The lowest BCUT2D eigenvalue weighted by atomic mass is 10.0. The lowest BCUT2D eigenvalue weighted by Crippen LogP contribution is -2.39. The summed E-state index contributed by atoms with van der Waals surface area (Å²) in [4.78, 5) is 7.13. The number of nitrogens with zero attached hydrogens (tertiary/aromatic N) is 4. The molecule has 0 aliphatic carbocycles. The number of anilines is 1. The molecule has 0 atom stereocenters. The van der Waals surface area contributed by atoms with Gasteiger partial charge in [-0.3, -0.25) is 0 Å². The summed E-state index contributed by atoms with van der Waals surface area (Å²) in [5.41, 5.74) is 2.93. The zero-order valence-electron chi connectivity index (χ0n) is 19.1. The summed E-state index contributed by atoms with van der Waals surface area (Å²) in [6.45, 7) is 4.03. The number of pyridine rings is 1. The van der Waals surface area contributed by atoms with Gasteiger partial charge >= 0.3 is 11.9 Å². The molecule has 0 saturated carbocycles. The normalized spacial score (nSPS) is 14.0. The lowest BCUT2D eigenvalue weighted by Gasteiger charge is -2.23. The van der Waals surface area contributed by atoms with Crippen LogP contribution in [0.1, 0.15) is 25.0 Å². The van der Waals surface area contributed by atoms with Gasteiger partial charge in [0.25, 0.3) is 0 Å². The molecule has 0 spiro atoms. The SMILES string of the molecule is COc1cc2cc(C)[n+](-c3nc(N4CCCCC4)n[nH]3)c(-c3cccc(Cl)c3)c2cc1OC. The van der Waals surface area contributed by atoms with Crippen LogP contribution in [0.25, 0.3) is 28.0 Å². The van der Waals surface area contributed by atoms with Gasteiger partial charge in [-0.05, 0) is 66.9 Å². The van der Waals surface area contributed by atoms with Gasteiger partial charge in [0.15, 0.2) is 11.5 Å². The molecule has 33 heavy (non-hydrogen) atoms. The Kier molecular flexibility index (Phi) is 5.81. The van der Waals surface area contributed by atoms with E-state index in [0.717, 1.165) is 46.8 Å². The smallest absolute Gasteiger partial charge is 0.424 e. The van der Waals surface area contributed by atoms with Gasteiger partial charge in [-0.25, -0.2) is 0 Å². The van der Waals surface area contributed by atoms with Crippen LogP contribution in [0.2, 0.25) is 5.02 Å². The molecule has 0 unspecified atom stereocenters. The number of hydrogen-bond donors (Lipinski definition) is 1. The van der Waals surface area contributed by atoms with E-state index in [1.54, 1.807) is 14.2 Å². The first-order chi connectivity index (χ1) is 16.1. The van der Waals surface area contributed by atoms with Crippen LogP contribution in [0.5, 0.6) is 11.5 Å². The number of piperidine rings is 1. The molecule has 1 N–H and O–H groups in total. The maximum absolute atomic E-state index is 6.40. The van der Waals surface area contributed by atoms with Gasteiger partial charge in [0.05, 0.1) is 19.9 Å². The molecule has 8 heteroatoms. The van der Waals surface area contributed by atoms with Crippen molar-refractivity contribution in [2.75, 3.05) is 32.2 Å². The Morgan fingerprint density at radius 3 is 2.48 bits per heavy atom. The summed E-state index contributed by atoms with van der Waals surface area (Å²) >= 11 is 6.40. The van der Waals surface area contributed by atoms with Crippen LogP contribution in [-0.2, 0) is 0 Å². The van der Waals surface area contributed by atoms with E-state index in [2.05, 4.69) is 38.7 Å². The van der Waals surface area contributed by atoms with Crippen molar-refractivity contribution in [1.29, 1.82) is 0 Å². The Morgan fingerprint density at radius 2 is 1.76 bits per heavy atom. The van der Waals surface area contributed by atoms with Crippen LogP contribution >= 0.6 is 11.6 Å². The Bertz CT molecular complexity index is 1310. The molecule has 4 aromatic rings. The number of nitrogens with one attached hydrogen (secondary N) is 1. The van der Waals surface area contributed by atoms with Gasteiger partial charge in [-0.15, -0.1) is 5.10 Å². The number of aryl methyl sites for hydroxylation is 1. The van der Waals surface area contributed by atoms with Gasteiger partial charge < -0.3 is 14.4 Å². The largest absolute Gasteiger partial charge is 0.493 e. The van der Waals surface area contributed by atoms with Crippen LogP contribution in [0.3, 0.4) is 0 Å². The maximum atomic E-state index is 6.40. The fraction of sp³-hybridized carbons (Fsp3) is 0.320. The first-order valence-corrected chi connectivity index (χ1v) is 11.5. The molecule has 5 rings (SSSR count). The number of aromatic nitrogens is 4. The minimum Gasteiger partial charge on any atom is -0.493 e. The highest BCUT2D eigenvalue weighted by Crippen LogP contribution is 2.37. The Balaban J connectivity index is 1.77. The molecule has 1 aliphatic rings. The van der Waals surface area contributed by atoms with Crippen molar-refractivity contribution in [2.45, 2.75) is 26.2 Å². The average molecular weight is 465 g/mol. The zero-order valence-corrected chi connectivity index (χ0v) is 19.8. The summed E-state index contributed by atoms with van der Waals surface area (Å²) in [5, 5.41) is 10.4. The second-order valence-corrected chi connectivity index (χ2v) is 8.72. The number of ether oxygens (including phenoxy) is 2. The molecule has 3 heterocycles. The van der Waals surface area contributed by atoms with Crippen LogP contribution in [0.15, 0.2) is 42.5 Å². The van der Waals surface area contributed by atoms with E-state index >= 15 is 0 Å². The fourth-order valence-corrected chi connectivity index (χ4v) is 4.77. The van der Waals surface area contributed by atoms with E-state index in [1.165, 1.54) is 19.3 Å². The second-order valence-electron chi connectivity index (χ2n) is 8.28. The Morgan fingerprint density at radius 1 is 1.00 bits per heavy atom. The number of H-pyrrole nitrogens is 1. The quantitative estimate of drug-likeness (QED) is 0.427. The first kappa shape index (κ1) is 21.5. The molecule has 1 fully saturated rings. The van der Waals surface area contributed by atoms with Gasteiger partial charge in [-0.2, -0.15) is 4.57 Å². The maximum Gasteiger partial charge on any atom is 0.424 e. The standard InChI is InChI=1S/C25H27ClN5O2/c1-16-12-18-14-21(32-2)22(33-3)15-20(18)23(17-8-7-9-19(26)13-17)31(16)25-27-24(28-29-25)30-10-5-4-6-11-30/h7-9,12-15H,4-6,10-11H2,1-3H3,(H,27,28,29)/q+1. The lowest BCUT2D eigenvalue weighted by molar-refractivity contribution is -0.597. The third-order valence-electron chi connectivity index (χ3n) is 6.16. The average Bonchev–Trinajstić information content (AvgIpc) is 3.32. The highest BCUT2D eigenvalue weighted by Gasteiger charge is 2.27. The molecule has 0 amide bonds. The number of fused-ring (bicyclic) bond motifs is 1. The third-order valence-corrected chi connectivity index (χ3v) is 6.40. The van der Waals surface area contributed by atoms with Crippen LogP contribution in [-0.4, -0.2) is 42.5 Å². The van der Waals surface area contributed by atoms with Crippen LogP contribution < -0.4 is 18.9 Å². The van der Waals surface area contributed by atoms with Crippen LogP contribution in [0.4, 0.5) is 5.95 Å². The van der Waals surface area contributed by atoms with E-state index in [9.17, 15) is 0 Å². The van der Waals surface area contributed by atoms with Crippen molar-refractivity contribution in [3.8, 4) is 28.7 Å². The van der Waals surface area contributed by atoms with E-state index in [1.807, 2.05) is 30.3 Å². The van der Waals surface area contributed by atoms with Crippen molar-refractivity contribution in [3.05, 3.63) is 53.2 Å². The van der Waals surface area contributed by atoms with Crippen LogP contribution in [0, 0.1) is 6.92 Å². The highest BCUT2D eigenvalue weighted by molar-refractivity contribution is 6.30. The van der Waals surface area contributed by atoms with E-state index in [4.69, 9.17) is 26.1 Å². The number of hydrogen-bond acceptors (Lipinski definition) is 5. The predicted octanol–water partition coefficient (Wildman–Crippen LogP) is 4.87. The van der Waals surface area contributed by atoms with Gasteiger partial charge in [-0.1, -0.05) is 28.8 Å². The van der Waals surface area contributed by atoms with E-state index in [-0.39, 0.29) is 0 Å². The zero-order chi connectivity index (χ0) is 22.9. The van der Waals surface area contributed by atoms with Crippen molar-refractivity contribution < 1.29 is 14.0 Å². The summed E-state index contributed by atoms with van der Waals surface area (Å²) in [5.74, 6) is 2.75. The summed E-state index contributed by atoms with van der Waals surface area (Å²) < 4.78 is 13.3. The molecule has 2 aromatic carbocycles. The third kappa shape index (κ3) is 3.97. The summed E-state index contributed by atoms with van der Waals surface area (Å²) in [7, 11) is 3.29. The number of aromatic amines is 1. The summed E-state index contributed by atoms with van der Waals surface area (Å²) in [6.07, 6.45) is 3.60. The number of halogens is 1. The molecule has 0 radical (unpaired) electrons. The molecule has 170 valence electrons. The van der Waals surface area contributed by atoms with Gasteiger partial charge in [0, 0.05) is 29.1 Å². The first-order valence-electron chi connectivity index (χ1n) is 11.1. The highest BCUT2D eigenvalue weighted by atomic mass is 35.5. The molecule has 7 nitrogen and oxygen atoms in total. The minimum absolute atomic E-state index is 0.662. The van der Waals surface area contributed by atoms with Gasteiger partial charge in [0.1, 0.15) is 5.69 Å². The second kappa shape index (κ2) is 8.90. The predicted molar refractivity (Wildman–Crippen MR) is 130 cm³/mol. The fourth-order valence-electron chi connectivity index (χ4n) is 4.58. The van der Waals surface area contributed by atoms with E-state index < -0.39 is 0 Å². The molecular weight excluding hydrogens is 438 g/mol.